The summed E-state index contributed by atoms with van der Waals surface area (Å²) in [4.78, 5) is 3.96. The van der Waals surface area contributed by atoms with Gasteiger partial charge in [-0.25, -0.2) is 0 Å². The molecule has 0 aliphatic heterocycles. The van der Waals surface area contributed by atoms with Gasteiger partial charge in [-0.15, -0.1) is 0 Å². The summed E-state index contributed by atoms with van der Waals surface area (Å²) in [5.41, 5.74) is 0. The van der Waals surface area contributed by atoms with Gasteiger partial charge in [0.2, 0.25) is 6.39 Å². The van der Waals surface area contributed by atoms with Crippen molar-refractivity contribution in [1.82, 2.24) is 15.5 Å². The third-order valence-electron chi connectivity index (χ3n) is 2.93. The fourth-order valence-electron chi connectivity index (χ4n) is 1.85. The molecular weight excluding hydrogens is 178 g/mol. The van der Waals surface area contributed by atoms with Gasteiger partial charge < -0.3 is 9.84 Å². The van der Waals surface area contributed by atoms with E-state index >= 15 is 0 Å². The summed E-state index contributed by atoms with van der Waals surface area (Å²) < 4.78 is 4.66. The van der Waals surface area contributed by atoms with Gasteiger partial charge in [0.15, 0.2) is 5.82 Å². The Labute approximate surface area is 84.1 Å². The summed E-state index contributed by atoms with van der Waals surface area (Å²) in [6.45, 7) is 2.93. The van der Waals surface area contributed by atoms with Gasteiger partial charge >= 0.3 is 0 Å². The van der Waals surface area contributed by atoms with Crippen molar-refractivity contribution in [1.29, 1.82) is 0 Å². The molecule has 0 saturated heterocycles. The first-order chi connectivity index (χ1) is 6.84. The number of rotatable bonds is 5. The topological polar surface area (TPSA) is 51.0 Å². The van der Waals surface area contributed by atoms with Crippen molar-refractivity contribution in [2.75, 3.05) is 0 Å². The molecule has 1 aromatic rings. The van der Waals surface area contributed by atoms with Crippen LogP contribution in [0.1, 0.15) is 38.4 Å². The first kappa shape index (κ1) is 9.65. The number of aromatic nitrogens is 2. The van der Waals surface area contributed by atoms with E-state index in [-0.39, 0.29) is 0 Å². The van der Waals surface area contributed by atoms with Gasteiger partial charge in [0, 0.05) is 6.04 Å². The lowest BCUT2D eigenvalue weighted by molar-refractivity contribution is 0.264. The van der Waals surface area contributed by atoms with E-state index in [0.29, 0.717) is 12.6 Å². The highest BCUT2D eigenvalue weighted by atomic mass is 16.5. The lowest BCUT2D eigenvalue weighted by Crippen LogP contribution is -2.30. The van der Waals surface area contributed by atoms with Crippen LogP contribution in [0, 0.1) is 5.92 Å². The minimum absolute atomic E-state index is 0.554. The number of nitrogens with one attached hydrogen (secondary N) is 1. The van der Waals surface area contributed by atoms with E-state index in [1.54, 1.807) is 0 Å². The van der Waals surface area contributed by atoms with Gasteiger partial charge in [-0.1, -0.05) is 24.4 Å². The van der Waals surface area contributed by atoms with Crippen molar-refractivity contribution in [3.8, 4) is 0 Å². The molecule has 4 nitrogen and oxygen atoms in total. The van der Waals surface area contributed by atoms with E-state index in [4.69, 9.17) is 0 Å². The van der Waals surface area contributed by atoms with Crippen LogP contribution in [0.5, 0.6) is 0 Å². The molecule has 0 amide bonds. The van der Waals surface area contributed by atoms with Gasteiger partial charge in [-0.3, -0.25) is 0 Å². The van der Waals surface area contributed by atoms with Crippen LogP contribution >= 0.6 is 0 Å². The lowest BCUT2D eigenvalue weighted by atomic mass is 9.81. The van der Waals surface area contributed by atoms with Crippen LogP contribution in [0.2, 0.25) is 0 Å². The van der Waals surface area contributed by atoms with Crippen LogP contribution in [-0.2, 0) is 6.54 Å². The average molecular weight is 195 g/mol. The summed E-state index contributed by atoms with van der Waals surface area (Å²) in [6, 6.07) is 0.554. The molecule has 1 heterocycles. The smallest absolute Gasteiger partial charge is 0.213 e. The van der Waals surface area contributed by atoms with Crippen molar-refractivity contribution >= 4 is 0 Å². The van der Waals surface area contributed by atoms with Crippen LogP contribution in [0.3, 0.4) is 0 Å². The molecule has 14 heavy (non-hydrogen) atoms. The molecule has 1 fully saturated rings. The molecule has 0 bridgehead atoms. The molecule has 4 heteroatoms. The van der Waals surface area contributed by atoms with Crippen LogP contribution in [0.4, 0.5) is 0 Å². The summed E-state index contributed by atoms with van der Waals surface area (Å²) in [7, 11) is 0. The van der Waals surface area contributed by atoms with Gasteiger partial charge in [-0.05, 0) is 19.3 Å². The molecule has 1 aliphatic carbocycles. The molecule has 2 rings (SSSR count). The zero-order valence-corrected chi connectivity index (χ0v) is 8.57. The highest BCUT2D eigenvalue weighted by Gasteiger charge is 2.19. The first-order valence-corrected chi connectivity index (χ1v) is 5.33. The quantitative estimate of drug-likeness (QED) is 0.777. The molecule has 78 valence electrons. The third kappa shape index (κ3) is 2.54. The van der Waals surface area contributed by atoms with Gasteiger partial charge in [0.25, 0.3) is 0 Å². The number of hydrogen-bond acceptors (Lipinski definition) is 4. The van der Waals surface area contributed by atoms with Crippen molar-refractivity contribution < 1.29 is 4.52 Å². The Morgan fingerprint density at radius 3 is 3.07 bits per heavy atom. The second-order valence-electron chi connectivity index (χ2n) is 4.16. The van der Waals surface area contributed by atoms with Gasteiger partial charge in [-0.2, -0.15) is 4.98 Å². The first-order valence-electron chi connectivity index (χ1n) is 5.33. The average Bonchev–Trinajstić information content (AvgIpc) is 2.60. The summed E-state index contributed by atoms with van der Waals surface area (Å²) in [5.74, 6) is 1.69. The maximum absolute atomic E-state index is 4.66. The van der Waals surface area contributed by atoms with E-state index < -0.39 is 0 Å². The Morgan fingerprint density at radius 1 is 1.64 bits per heavy atom. The van der Waals surface area contributed by atoms with Gasteiger partial charge in [0.05, 0.1) is 6.54 Å². The maximum atomic E-state index is 4.66. The molecule has 0 spiro atoms. The zero-order valence-electron chi connectivity index (χ0n) is 8.57. The van der Waals surface area contributed by atoms with Crippen molar-refractivity contribution in [3.63, 3.8) is 0 Å². The Bertz CT molecular complexity index is 256. The van der Waals surface area contributed by atoms with Crippen LogP contribution in [-0.4, -0.2) is 16.2 Å². The SMILES string of the molecule is CC(CC1CCC1)NCc1ncon1. The van der Waals surface area contributed by atoms with E-state index in [2.05, 4.69) is 26.9 Å². The van der Waals surface area contributed by atoms with Crippen LogP contribution in [0.15, 0.2) is 10.9 Å². The standard InChI is InChI=1S/C10H17N3O/c1-8(5-9-3-2-4-9)11-6-10-12-7-14-13-10/h7-9,11H,2-6H2,1H3. The Hall–Kier alpha value is -0.900. The number of nitrogens with zero attached hydrogens (tertiary/aromatic N) is 2. The highest BCUT2D eigenvalue weighted by Crippen LogP contribution is 2.30. The second kappa shape index (κ2) is 4.55. The van der Waals surface area contributed by atoms with E-state index in [9.17, 15) is 0 Å². The minimum atomic E-state index is 0.554. The normalized spacial score (nSPS) is 19.2. The van der Waals surface area contributed by atoms with Crippen molar-refractivity contribution in [2.45, 2.75) is 45.2 Å². The van der Waals surface area contributed by atoms with Crippen LogP contribution in [0.25, 0.3) is 0 Å². The highest BCUT2D eigenvalue weighted by molar-refractivity contribution is 4.80. The van der Waals surface area contributed by atoms with Crippen LogP contribution < -0.4 is 5.32 Å². The van der Waals surface area contributed by atoms with Crippen molar-refractivity contribution in [2.24, 2.45) is 5.92 Å². The maximum Gasteiger partial charge on any atom is 0.213 e. The Balaban J connectivity index is 1.64. The van der Waals surface area contributed by atoms with E-state index in [1.165, 1.54) is 32.1 Å². The third-order valence-corrected chi connectivity index (χ3v) is 2.93. The lowest BCUT2D eigenvalue weighted by Gasteiger charge is -2.28. The van der Waals surface area contributed by atoms with Gasteiger partial charge in [0.1, 0.15) is 0 Å². The molecule has 1 unspecified atom stereocenters. The van der Waals surface area contributed by atoms with E-state index in [0.717, 1.165) is 11.7 Å². The molecule has 1 saturated carbocycles. The predicted molar refractivity (Wildman–Crippen MR) is 52.6 cm³/mol. The van der Waals surface area contributed by atoms with Crippen molar-refractivity contribution in [3.05, 3.63) is 12.2 Å². The molecule has 0 radical (unpaired) electrons. The Kier molecular flexibility index (Phi) is 3.14. The summed E-state index contributed by atoms with van der Waals surface area (Å²) in [5, 5.41) is 7.15. The predicted octanol–water partition coefficient (Wildman–Crippen LogP) is 1.74. The largest absolute Gasteiger partial charge is 0.343 e. The molecule has 0 aromatic carbocycles. The molecule has 1 aromatic heterocycles. The summed E-state index contributed by atoms with van der Waals surface area (Å²) >= 11 is 0. The molecule has 1 atom stereocenters. The molecule has 1 N–H and O–H groups in total. The molecule has 1 aliphatic rings. The summed E-state index contributed by atoms with van der Waals surface area (Å²) in [6.07, 6.45) is 6.89. The fraction of sp³-hybridized carbons (Fsp3) is 0.800. The monoisotopic (exact) mass is 195 g/mol. The molecular formula is C10H17N3O. The Morgan fingerprint density at radius 2 is 2.50 bits per heavy atom. The zero-order chi connectivity index (χ0) is 9.80. The second-order valence-corrected chi connectivity index (χ2v) is 4.16. The minimum Gasteiger partial charge on any atom is -0.343 e. The number of hydrogen-bond donors (Lipinski definition) is 1. The fourth-order valence-corrected chi connectivity index (χ4v) is 1.85. The van der Waals surface area contributed by atoms with E-state index in [1.807, 2.05) is 0 Å².